The highest BCUT2D eigenvalue weighted by molar-refractivity contribution is 5.59. The van der Waals surface area contributed by atoms with Crippen LogP contribution in [0.4, 0.5) is 5.69 Å². The van der Waals surface area contributed by atoms with E-state index in [-0.39, 0.29) is 17.6 Å². The van der Waals surface area contributed by atoms with Gasteiger partial charge in [-0.15, -0.1) is 0 Å². The molecule has 0 spiro atoms. The van der Waals surface area contributed by atoms with Gasteiger partial charge in [-0.25, -0.2) is 0 Å². The lowest BCUT2D eigenvalue weighted by molar-refractivity contribution is 0.0828. The molecule has 0 radical (unpaired) electrons. The fourth-order valence-corrected chi connectivity index (χ4v) is 3.99. The van der Waals surface area contributed by atoms with Crippen molar-refractivity contribution in [3.05, 3.63) is 59.2 Å². The van der Waals surface area contributed by atoms with E-state index in [1.165, 1.54) is 11.1 Å². The van der Waals surface area contributed by atoms with E-state index >= 15 is 0 Å². The number of hydrogen-bond donors (Lipinski definition) is 2. The molecule has 1 fully saturated rings. The van der Waals surface area contributed by atoms with E-state index in [9.17, 15) is 5.11 Å². The van der Waals surface area contributed by atoms with Gasteiger partial charge in [0, 0.05) is 23.8 Å². The Bertz CT molecular complexity index is 763. The highest BCUT2D eigenvalue weighted by atomic mass is 16.5. The summed E-state index contributed by atoms with van der Waals surface area (Å²) in [4.78, 5) is 0. The molecule has 2 N–H and O–H groups in total. The molecule has 24 heavy (non-hydrogen) atoms. The van der Waals surface area contributed by atoms with E-state index in [0.29, 0.717) is 11.7 Å². The maximum absolute atomic E-state index is 9.85. The third kappa shape index (κ3) is 2.57. The zero-order valence-electron chi connectivity index (χ0n) is 14.5. The molecule has 4 rings (SSSR count). The standard InChI is InChI=1S/C21H25NO2/c1-21(2,3)14-7-8-18-17(12-14)20-16(9-10-24-20)19(22-18)13-5-4-6-15(23)11-13/h4-8,11-12,16,19-20,22-23H,9-10H2,1-3H3. The molecule has 2 heterocycles. The molecule has 0 aromatic heterocycles. The van der Waals surface area contributed by atoms with Crippen molar-refractivity contribution in [1.82, 2.24) is 0 Å². The van der Waals surface area contributed by atoms with Crippen molar-refractivity contribution >= 4 is 5.69 Å². The van der Waals surface area contributed by atoms with E-state index in [1.807, 2.05) is 12.1 Å². The van der Waals surface area contributed by atoms with Crippen molar-refractivity contribution in [3.8, 4) is 5.75 Å². The molecule has 2 aliphatic heterocycles. The lowest BCUT2D eigenvalue weighted by Crippen LogP contribution is -2.29. The second kappa shape index (κ2) is 5.52. The Morgan fingerprint density at radius 3 is 2.71 bits per heavy atom. The molecule has 0 amide bonds. The third-order valence-electron chi connectivity index (χ3n) is 5.33. The normalized spacial score (nSPS) is 25.7. The topological polar surface area (TPSA) is 41.5 Å². The lowest BCUT2D eigenvalue weighted by Gasteiger charge is -2.37. The van der Waals surface area contributed by atoms with Crippen LogP contribution < -0.4 is 5.32 Å². The van der Waals surface area contributed by atoms with Crippen LogP contribution in [0.25, 0.3) is 0 Å². The Kier molecular flexibility index (Phi) is 3.57. The Balaban J connectivity index is 1.77. The van der Waals surface area contributed by atoms with Gasteiger partial charge < -0.3 is 15.2 Å². The van der Waals surface area contributed by atoms with Crippen LogP contribution in [-0.2, 0) is 10.2 Å². The van der Waals surface area contributed by atoms with E-state index in [4.69, 9.17) is 4.74 Å². The van der Waals surface area contributed by atoms with Crippen LogP contribution in [0.15, 0.2) is 42.5 Å². The number of aromatic hydroxyl groups is 1. The summed E-state index contributed by atoms with van der Waals surface area (Å²) >= 11 is 0. The number of ether oxygens (including phenoxy) is 1. The van der Waals surface area contributed by atoms with Crippen molar-refractivity contribution in [2.45, 2.75) is 44.8 Å². The van der Waals surface area contributed by atoms with Gasteiger partial charge in [0.1, 0.15) is 5.75 Å². The average molecular weight is 323 g/mol. The van der Waals surface area contributed by atoms with Crippen LogP contribution in [0.1, 0.15) is 56.0 Å². The highest BCUT2D eigenvalue weighted by Gasteiger charge is 2.41. The maximum atomic E-state index is 9.85. The summed E-state index contributed by atoms with van der Waals surface area (Å²) in [5.41, 5.74) is 5.03. The monoisotopic (exact) mass is 323 g/mol. The molecule has 0 saturated carbocycles. The van der Waals surface area contributed by atoms with E-state index in [1.54, 1.807) is 6.07 Å². The molecule has 1 saturated heterocycles. The van der Waals surface area contributed by atoms with Gasteiger partial charge in [-0.05, 0) is 41.2 Å². The molecule has 0 aliphatic carbocycles. The van der Waals surface area contributed by atoms with Crippen LogP contribution in [0.3, 0.4) is 0 Å². The first-order valence-corrected chi connectivity index (χ1v) is 8.75. The molecular weight excluding hydrogens is 298 g/mol. The maximum Gasteiger partial charge on any atom is 0.115 e. The smallest absolute Gasteiger partial charge is 0.115 e. The van der Waals surface area contributed by atoms with E-state index in [2.05, 4.69) is 50.4 Å². The molecule has 3 heteroatoms. The van der Waals surface area contributed by atoms with Crippen LogP contribution >= 0.6 is 0 Å². The largest absolute Gasteiger partial charge is 0.508 e. The number of hydrogen-bond acceptors (Lipinski definition) is 3. The molecular formula is C21H25NO2. The summed E-state index contributed by atoms with van der Waals surface area (Å²) < 4.78 is 6.13. The number of phenols is 1. The predicted octanol–water partition coefficient (Wildman–Crippen LogP) is 4.93. The molecule has 2 aromatic carbocycles. The van der Waals surface area contributed by atoms with Crippen LogP contribution in [0.5, 0.6) is 5.75 Å². The lowest BCUT2D eigenvalue weighted by atomic mass is 9.78. The zero-order valence-corrected chi connectivity index (χ0v) is 14.5. The number of rotatable bonds is 1. The quantitative estimate of drug-likeness (QED) is 0.781. The number of nitrogens with one attached hydrogen (secondary N) is 1. The minimum atomic E-state index is 0.130. The first-order valence-electron chi connectivity index (χ1n) is 8.75. The number of benzene rings is 2. The van der Waals surface area contributed by atoms with Gasteiger partial charge >= 0.3 is 0 Å². The number of fused-ring (bicyclic) bond motifs is 3. The first-order chi connectivity index (χ1) is 11.4. The summed E-state index contributed by atoms with van der Waals surface area (Å²) in [6, 6.07) is 14.5. The van der Waals surface area contributed by atoms with Gasteiger partial charge in [0.05, 0.1) is 12.1 Å². The van der Waals surface area contributed by atoms with Gasteiger partial charge in [0.15, 0.2) is 0 Å². The van der Waals surface area contributed by atoms with Crippen molar-refractivity contribution in [2.24, 2.45) is 5.92 Å². The van der Waals surface area contributed by atoms with Gasteiger partial charge in [-0.3, -0.25) is 0 Å². The minimum absolute atomic E-state index is 0.130. The second-order valence-corrected chi connectivity index (χ2v) is 8.01. The van der Waals surface area contributed by atoms with Crippen LogP contribution in [-0.4, -0.2) is 11.7 Å². The molecule has 0 bridgehead atoms. The Labute approximate surface area is 143 Å². The predicted molar refractivity (Wildman–Crippen MR) is 96.4 cm³/mol. The molecule has 126 valence electrons. The van der Waals surface area contributed by atoms with Gasteiger partial charge in [-0.1, -0.05) is 45.0 Å². The number of phenolic OH excluding ortho intramolecular Hbond substituents is 1. The average Bonchev–Trinajstić information content (AvgIpc) is 3.02. The molecule has 3 unspecified atom stereocenters. The summed E-state index contributed by atoms with van der Waals surface area (Å²) in [5.74, 6) is 0.716. The van der Waals surface area contributed by atoms with Crippen molar-refractivity contribution < 1.29 is 9.84 Å². The molecule has 3 nitrogen and oxygen atoms in total. The Morgan fingerprint density at radius 1 is 1.12 bits per heavy atom. The fourth-order valence-electron chi connectivity index (χ4n) is 3.99. The Hall–Kier alpha value is -2.00. The van der Waals surface area contributed by atoms with Gasteiger partial charge in [0.25, 0.3) is 0 Å². The SMILES string of the molecule is CC(C)(C)c1ccc2c(c1)C1OCCC1C(c1cccc(O)c1)N2. The van der Waals surface area contributed by atoms with Crippen molar-refractivity contribution in [2.75, 3.05) is 11.9 Å². The summed E-state index contributed by atoms with van der Waals surface area (Å²) in [6.07, 6.45) is 1.17. The second-order valence-electron chi connectivity index (χ2n) is 8.01. The third-order valence-corrected chi connectivity index (χ3v) is 5.33. The van der Waals surface area contributed by atoms with Crippen molar-refractivity contribution in [1.29, 1.82) is 0 Å². The van der Waals surface area contributed by atoms with Gasteiger partial charge in [-0.2, -0.15) is 0 Å². The Morgan fingerprint density at radius 2 is 1.96 bits per heavy atom. The molecule has 2 aromatic rings. The number of anilines is 1. The van der Waals surface area contributed by atoms with Crippen LogP contribution in [0, 0.1) is 5.92 Å². The van der Waals surface area contributed by atoms with E-state index in [0.717, 1.165) is 24.3 Å². The first kappa shape index (κ1) is 15.5. The summed E-state index contributed by atoms with van der Waals surface area (Å²) in [5, 5.41) is 13.5. The fraction of sp³-hybridized carbons (Fsp3) is 0.429. The molecule has 2 aliphatic rings. The molecule has 3 atom stereocenters. The van der Waals surface area contributed by atoms with Crippen molar-refractivity contribution in [3.63, 3.8) is 0 Å². The van der Waals surface area contributed by atoms with Crippen LogP contribution in [0.2, 0.25) is 0 Å². The minimum Gasteiger partial charge on any atom is -0.508 e. The highest BCUT2D eigenvalue weighted by Crippen LogP contribution is 2.50. The van der Waals surface area contributed by atoms with E-state index < -0.39 is 0 Å². The summed E-state index contributed by atoms with van der Waals surface area (Å²) in [7, 11) is 0. The van der Waals surface area contributed by atoms with Gasteiger partial charge in [0.2, 0.25) is 0 Å². The summed E-state index contributed by atoms with van der Waals surface area (Å²) in [6.45, 7) is 7.53. The zero-order chi connectivity index (χ0) is 16.9.